The Labute approximate surface area is 701 Å². The van der Waals surface area contributed by atoms with Gasteiger partial charge in [0.05, 0.1) is 34.4 Å². The minimum atomic E-state index is 0. The number of hydrogen-bond donors (Lipinski definition) is 0. The normalized spacial score (nSPS) is 10.5. The van der Waals surface area contributed by atoms with Crippen molar-refractivity contribution in [3.8, 4) is 134 Å². The van der Waals surface area contributed by atoms with Gasteiger partial charge in [-0.05, 0) is 171 Å². The molecular weight excluding hydrogens is 2070 g/mol. The molecule has 554 valence electrons. The molecule has 0 N–H and O–H groups in total. The summed E-state index contributed by atoms with van der Waals surface area (Å²) < 4.78 is 10.5. The summed E-state index contributed by atoms with van der Waals surface area (Å²) in [6.07, 6.45) is 1.97. The maximum Gasteiger partial charge on any atom is 0.144 e. The van der Waals surface area contributed by atoms with Crippen LogP contribution in [-0.4, -0.2) is 29.1 Å². The zero-order valence-electron chi connectivity index (χ0n) is 63.3. The molecule has 0 unspecified atom stereocenters. The first-order valence-corrected chi connectivity index (χ1v) is 36.4. The molecule has 0 aliphatic carbocycles. The average molecular weight is 2150 g/mol. The van der Waals surface area contributed by atoms with Gasteiger partial charge in [-0.1, -0.05) is 175 Å². The Morgan fingerprint density at radius 3 is 1.06 bits per heavy atom. The second-order valence-electron chi connectivity index (χ2n) is 26.8. The number of nitrogens with zero attached hydrogens (tertiary/aromatic N) is 6. The Morgan fingerprint density at radius 1 is 0.312 bits per heavy atom. The Balaban J connectivity index is 0.000000165. The molecule has 0 saturated heterocycles. The summed E-state index contributed by atoms with van der Waals surface area (Å²) in [6.45, 7) is 23.6. The van der Waals surface area contributed by atoms with E-state index in [4.69, 9.17) is 14.4 Å². The molecule has 0 atom stereocenters. The van der Waals surface area contributed by atoms with Crippen LogP contribution < -0.4 is 0 Å². The van der Waals surface area contributed by atoms with E-state index >= 15 is 0 Å². The Hall–Kier alpha value is -9.50. The van der Waals surface area contributed by atoms with Crippen molar-refractivity contribution in [1.82, 2.24) is 29.1 Å². The van der Waals surface area contributed by atoms with E-state index in [0.717, 1.165) is 73.0 Å². The van der Waals surface area contributed by atoms with Gasteiger partial charge in [0.15, 0.2) is 0 Å². The van der Waals surface area contributed by atoms with Crippen LogP contribution in [0.5, 0.6) is 0 Å². The van der Waals surface area contributed by atoms with Crippen molar-refractivity contribution in [3.05, 3.63) is 359 Å². The zero-order chi connectivity index (χ0) is 73.3. The molecule has 0 spiro atoms. The van der Waals surface area contributed by atoms with Crippen LogP contribution in [-0.2, 0) is 94.5 Å². The van der Waals surface area contributed by atoms with Crippen molar-refractivity contribution in [2.75, 3.05) is 0 Å². The Kier molecular flexibility index (Phi) is 29.3. The second-order valence-corrected chi connectivity index (χ2v) is 27.8. The van der Waals surface area contributed by atoms with Crippen molar-refractivity contribution in [2.24, 2.45) is 14.1 Å². The molecule has 0 fully saturated rings. The second kappa shape index (κ2) is 38.2. The minimum Gasteiger partial charge on any atom is -0.481 e. The summed E-state index contributed by atoms with van der Waals surface area (Å²) >= 11 is 1.75. The first-order chi connectivity index (χ1) is 51.0. The van der Waals surface area contributed by atoms with Gasteiger partial charge in [0, 0.05) is 133 Å². The van der Waals surface area contributed by atoms with E-state index in [-0.39, 0.29) is 80.4 Å². The predicted octanol–water partition coefficient (Wildman–Crippen LogP) is 25.2. The Bertz CT molecular complexity index is 5270. The largest absolute Gasteiger partial charge is 0.481 e. The molecule has 0 amide bonds. The summed E-state index contributed by atoms with van der Waals surface area (Å²) in [7, 11) is 4.16. The molecule has 0 bridgehead atoms. The van der Waals surface area contributed by atoms with E-state index in [2.05, 4.69) is 303 Å². The predicted molar refractivity (Wildman–Crippen MR) is 438 cm³/mol. The van der Waals surface area contributed by atoms with Crippen molar-refractivity contribution in [1.29, 1.82) is 0 Å². The molecule has 109 heavy (non-hydrogen) atoms. The molecule has 0 aliphatic rings. The fourth-order valence-electron chi connectivity index (χ4n) is 14.3. The van der Waals surface area contributed by atoms with Gasteiger partial charge in [-0.2, -0.15) is 11.3 Å². The maximum atomic E-state index is 6.15. The SMILES string of the molecule is Cc1cc(-c2ccccc2)cc(C)c1-c1c(C)nc(-c2[c-]cccc2)n1C.Cc1cc(-c2ccccc2)cc(C)c1-c1cnc(-c2[c-]cccc2)n1C.Cc1cc(-c2ccccc2)cc(C)c1-c1oc(-c2[c-]cccc2)nc1C.Cc1cc(-c2ccccc2)cc(C)c1-c1sc(-c2[c-]cccc2)nc1C.[Ir].[Ir].[Ir].[Ir]. The van der Waals surface area contributed by atoms with E-state index < -0.39 is 0 Å². The number of aromatic nitrogens is 6. The fraction of sp³-hybridized carbons (Fsp3) is 0.134. The molecule has 16 rings (SSSR count). The fourth-order valence-corrected chi connectivity index (χ4v) is 15.5. The van der Waals surface area contributed by atoms with Crippen LogP contribution in [0, 0.1) is 100 Å². The summed E-state index contributed by atoms with van der Waals surface area (Å²) in [6, 6.07) is 105. The minimum absolute atomic E-state index is 0. The number of aryl methyl sites for hydroxylation is 11. The number of benzene rings is 12. The van der Waals surface area contributed by atoms with Gasteiger partial charge >= 0.3 is 0 Å². The zero-order valence-corrected chi connectivity index (χ0v) is 73.7. The van der Waals surface area contributed by atoms with Crippen LogP contribution in [0.3, 0.4) is 0 Å². The molecule has 4 aromatic heterocycles. The van der Waals surface area contributed by atoms with Crippen LogP contribution in [0.15, 0.2) is 278 Å². The van der Waals surface area contributed by atoms with Crippen molar-refractivity contribution < 1.29 is 84.8 Å². The Morgan fingerprint density at radius 2 is 0.661 bits per heavy atom. The molecule has 12 heteroatoms. The first-order valence-electron chi connectivity index (χ1n) is 35.5. The number of imidazole rings is 2. The molecular formula is C97H84Ir4N6OS-4. The number of thiazole rings is 1. The van der Waals surface area contributed by atoms with Gasteiger partial charge < -0.3 is 13.6 Å². The van der Waals surface area contributed by atoms with Crippen LogP contribution in [0.1, 0.15) is 61.6 Å². The van der Waals surface area contributed by atoms with Crippen LogP contribution >= 0.6 is 11.3 Å². The van der Waals surface area contributed by atoms with E-state index in [1.807, 2.05) is 104 Å². The van der Waals surface area contributed by atoms with Gasteiger partial charge in [-0.15, -0.1) is 138 Å². The van der Waals surface area contributed by atoms with Crippen molar-refractivity contribution >= 4 is 11.3 Å². The third-order valence-electron chi connectivity index (χ3n) is 19.1. The van der Waals surface area contributed by atoms with Gasteiger partial charge in [-0.25, -0.2) is 0 Å². The molecule has 12 aromatic carbocycles. The van der Waals surface area contributed by atoms with Gasteiger partial charge in [0.1, 0.15) is 11.7 Å². The first kappa shape index (κ1) is 83.5. The maximum absolute atomic E-state index is 6.15. The molecule has 16 aromatic rings. The monoisotopic (exact) mass is 2150 g/mol. The number of rotatable bonds is 12. The van der Waals surface area contributed by atoms with E-state index in [1.165, 1.54) is 116 Å². The van der Waals surface area contributed by atoms with E-state index in [9.17, 15) is 0 Å². The standard InChI is InChI=1S/C25H23N2.C24H21N2.C24H20NO.C24H20NS.4Ir/c1-17-15-22(20-11-7-5-8-12-20)16-18(2)23(17)24-19(3)26-25(27(24)4)21-13-9-6-10-14-21;1-17-14-21(19-10-6-4-7-11-19)15-18(2)23(17)22-16-25-24(26(22)3)20-12-8-5-9-13-20;2*1-16-14-21(19-10-6-4-7-11-19)15-17(2)22(16)23-18(3)25-24(26-23)20-12-8-5-9-13-20;;;;/h5-13,15-16H,1-4H3;4-12,14-16H,1-3H3;2*4-12,14-15H,1-3H3;;;;/q4*-1;;;;. The molecule has 0 aliphatic heterocycles. The number of hydrogen-bond acceptors (Lipinski definition) is 6. The third-order valence-corrected chi connectivity index (χ3v) is 20.3. The van der Waals surface area contributed by atoms with Gasteiger partial charge in [0.2, 0.25) is 0 Å². The third kappa shape index (κ3) is 19.0. The smallest absolute Gasteiger partial charge is 0.144 e. The molecule has 4 radical (unpaired) electrons. The topological polar surface area (TPSA) is 74.6 Å². The van der Waals surface area contributed by atoms with Crippen LogP contribution in [0.25, 0.3) is 134 Å². The summed E-state index contributed by atoms with van der Waals surface area (Å²) in [4.78, 5) is 20.2. The van der Waals surface area contributed by atoms with Crippen molar-refractivity contribution in [2.45, 2.75) is 76.2 Å². The summed E-state index contributed by atoms with van der Waals surface area (Å²) in [5, 5.41) is 1.03. The molecule has 0 saturated carbocycles. The van der Waals surface area contributed by atoms with Crippen molar-refractivity contribution in [3.63, 3.8) is 0 Å². The van der Waals surface area contributed by atoms with Gasteiger partial charge in [-0.3, -0.25) is 19.9 Å². The van der Waals surface area contributed by atoms with Gasteiger partial charge in [0.25, 0.3) is 0 Å². The quantitative estimate of drug-likeness (QED) is 0.114. The average Bonchev–Trinajstić information content (AvgIpc) is 1.69. The molecule has 7 nitrogen and oxygen atoms in total. The van der Waals surface area contributed by atoms with E-state index in [1.54, 1.807) is 11.3 Å². The van der Waals surface area contributed by atoms with Crippen LogP contribution in [0.2, 0.25) is 0 Å². The summed E-state index contributed by atoms with van der Waals surface area (Å²) in [5.74, 6) is 3.34. The number of oxazole rings is 1. The van der Waals surface area contributed by atoms with Crippen LogP contribution in [0.4, 0.5) is 0 Å². The summed E-state index contributed by atoms with van der Waals surface area (Å²) in [5.41, 5.74) is 34.2. The van der Waals surface area contributed by atoms with E-state index in [0.29, 0.717) is 5.89 Å². The molecule has 4 heterocycles.